The van der Waals surface area contributed by atoms with E-state index in [4.69, 9.17) is 21.1 Å². The van der Waals surface area contributed by atoms with Crippen molar-refractivity contribution in [1.29, 1.82) is 0 Å². The number of anilines is 1. The zero-order valence-electron chi connectivity index (χ0n) is 14.8. The van der Waals surface area contributed by atoms with E-state index in [9.17, 15) is 14.4 Å². The minimum atomic E-state index is -0.884. The van der Waals surface area contributed by atoms with Gasteiger partial charge in [-0.05, 0) is 55.5 Å². The van der Waals surface area contributed by atoms with Crippen LogP contribution < -0.4 is 15.4 Å². The Bertz CT molecular complexity index is 806. The Morgan fingerprint density at radius 3 is 2.26 bits per heavy atom. The van der Waals surface area contributed by atoms with E-state index >= 15 is 0 Å². The lowest BCUT2D eigenvalue weighted by molar-refractivity contribution is -0.153. The van der Waals surface area contributed by atoms with E-state index < -0.39 is 24.6 Å². The van der Waals surface area contributed by atoms with Gasteiger partial charge in [0.1, 0.15) is 5.75 Å². The maximum atomic E-state index is 11.9. The van der Waals surface area contributed by atoms with Gasteiger partial charge >= 0.3 is 5.97 Å². The molecule has 0 bridgehead atoms. The first kappa shape index (κ1) is 20.3. The molecule has 2 N–H and O–H groups in total. The molecule has 0 radical (unpaired) electrons. The molecule has 0 aliphatic rings. The summed E-state index contributed by atoms with van der Waals surface area (Å²) in [7, 11) is 1.53. The number of amides is 2. The largest absolute Gasteiger partial charge is 0.479 e. The second-order valence-electron chi connectivity index (χ2n) is 5.53. The molecule has 0 aromatic heterocycles. The molecule has 0 saturated heterocycles. The third-order valence-corrected chi connectivity index (χ3v) is 3.71. The van der Waals surface area contributed by atoms with Gasteiger partial charge in [-0.15, -0.1) is 0 Å². The summed E-state index contributed by atoms with van der Waals surface area (Å²) in [6, 6.07) is 12.8. The van der Waals surface area contributed by atoms with Gasteiger partial charge in [0, 0.05) is 23.3 Å². The average molecular weight is 391 g/mol. The summed E-state index contributed by atoms with van der Waals surface area (Å²) in [5.41, 5.74) is 0.948. The molecule has 7 nitrogen and oxygen atoms in total. The topological polar surface area (TPSA) is 93.7 Å². The lowest BCUT2D eigenvalue weighted by atomic mass is 10.2. The first-order valence-corrected chi connectivity index (χ1v) is 8.47. The van der Waals surface area contributed by atoms with E-state index in [2.05, 4.69) is 10.6 Å². The predicted molar refractivity (Wildman–Crippen MR) is 101 cm³/mol. The van der Waals surface area contributed by atoms with Crippen LogP contribution in [0.15, 0.2) is 48.5 Å². The zero-order valence-corrected chi connectivity index (χ0v) is 15.6. The van der Waals surface area contributed by atoms with E-state index in [1.807, 2.05) is 0 Å². The normalized spacial score (nSPS) is 11.2. The number of hydrogen-bond acceptors (Lipinski definition) is 5. The average Bonchev–Trinajstić information content (AvgIpc) is 2.67. The maximum Gasteiger partial charge on any atom is 0.347 e. The minimum absolute atomic E-state index is 0.225. The Kier molecular flexibility index (Phi) is 7.19. The molecule has 0 fully saturated rings. The summed E-state index contributed by atoms with van der Waals surface area (Å²) >= 11 is 5.78. The molecule has 0 unspecified atom stereocenters. The monoisotopic (exact) mass is 390 g/mol. The van der Waals surface area contributed by atoms with Crippen LogP contribution in [0, 0.1) is 0 Å². The molecule has 0 heterocycles. The highest BCUT2D eigenvalue weighted by Crippen LogP contribution is 2.17. The number of carbonyl (C=O) groups excluding carboxylic acids is 3. The molecule has 2 aromatic carbocycles. The number of halogens is 1. The first-order valence-electron chi connectivity index (χ1n) is 8.10. The third-order valence-electron chi connectivity index (χ3n) is 3.46. The summed E-state index contributed by atoms with van der Waals surface area (Å²) in [5, 5.41) is 5.63. The molecule has 0 aliphatic heterocycles. The first-order chi connectivity index (χ1) is 12.9. The van der Waals surface area contributed by atoms with Gasteiger partial charge in [-0.1, -0.05) is 11.6 Å². The molecule has 1 atom stereocenters. The van der Waals surface area contributed by atoms with Gasteiger partial charge in [0.2, 0.25) is 0 Å². The molecule has 27 heavy (non-hydrogen) atoms. The summed E-state index contributed by atoms with van der Waals surface area (Å²) in [6.07, 6.45) is -0.884. The van der Waals surface area contributed by atoms with Gasteiger partial charge in [-0.3, -0.25) is 9.59 Å². The molecule has 0 aliphatic carbocycles. The van der Waals surface area contributed by atoms with Gasteiger partial charge in [-0.2, -0.15) is 0 Å². The summed E-state index contributed by atoms with van der Waals surface area (Å²) in [5.74, 6) is -0.939. The van der Waals surface area contributed by atoms with Crippen molar-refractivity contribution in [3.63, 3.8) is 0 Å². The Labute approximate surface area is 161 Å². The predicted octanol–water partition coefficient (Wildman–Crippen LogP) is 2.65. The number of nitrogens with one attached hydrogen (secondary N) is 2. The SMILES string of the molecule is CNC(=O)c1ccc(NC(=O)COC(=O)[C@@H](C)Oc2ccc(Cl)cc2)cc1. The van der Waals surface area contributed by atoms with Gasteiger partial charge in [0.05, 0.1) is 0 Å². The summed E-state index contributed by atoms with van der Waals surface area (Å²) < 4.78 is 10.4. The van der Waals surface area contributed by atoms with Gasteiger partial charge in [-0.25, -0.2) is 4.79 Å². The van der Waals surface area contributed by atoms with Crippen LogP contribution in [0.3, 0.4) is 0 Å². The molecule has 0 saturated carbocycles. The van der Waals surface area contributed by atoms with Crippen LogP contribution in [-0.2, 0) is 14.3 Å². The van der Waals surface area contributed by atoms with Crippen molar-refractivity contribution < 1.29 is 23.9 Å². The molecule has 2 amide bonds. The van der Waals surface area contributed by atoms with Crippen LogP contribution >= 0.6 is 11.6 Å². The lowest BCUT2D eigenvalue weighted by Gasteiger charge is -2.14. The fourth-order valence-electron chi connectivity index (χ4n) is 2.07. The van der Waals surface area contributed by atoms with Gasteiger partial charge < -0.3 is 20.1 Å². The number of esters is 1. The summed E-state index contributed by atoms with van der Waals surface area (Å²) in [6.45, 7) is 1.07. The highest BCUT2D eigenvalue weighted by molar-refractivity contribution is 6.30. The molecule has 0 spiro atoms. The fourth-order valence-corrected chi connectivity index (χ4v) is 2.19. The molecule has 142 valence electrons. The van der Waals surface area contributed by atoms with Crippen molar-refractivity contribution in [3.05, 3.63) is 59.1 Å². The van der Waals surface area contributed by atoms with Crippen molar-refractivity contribution in [3.8, 4) is 5.75 Å². The van der Waals surface area contributed by atoms with Crippen LogP contribution in [0.5, 0.6) is 5.75 Å². The van der Waals surface area contributed by atoms with Crippen molar-refractivity contribution >= 4 is 35.1 Å². The number of rotatable bonds is 7. The smallest absolute Gasteiger partial charge is 0.347 e. The Morgan fingerprint density at radius 1 is 1.04 bits per heavy atom. The van der Waals surface area contributed by atoms with Crippen molar-refractivity contribution in [2.45, 2.75) is 13.0 Å². The zero-order chi connectivity index (χ0) is 19.8. The second-order valence-corrected chi connectivity index (χ2v) is 5.96. The van der Waals surface area contributed by atoms with E-state index in [0.717, 1.165) is 0 Å². The van der Waals surface area contributed by atoms with Crippen LogP contribution in [0.25, 0.3) is 0 Å². The molecule has 8 heteroatoms. The number of benzene rings is 2. The quantitative estimate of drug-likeness (QED) is 0.709. The molecular formula is C19H19ClN2O5. The van der Waals surface area contributed by atoms with Crippen LogP contribution in [0.1, 0.15) is 17.3 Å². The number of carbonyl (C=O) groups is 3. The van der Waals surface area contributed by atoms with Crippen molar-refractivity contribution in [2.24, 2.45) is 0 Å². The van der Waals surface area contributed by atoms with E-state index in [0.29, 0.717) is 22.0 Å². The lowest BCUT2D eigenvalue weighted by Crippen LogP contribution is -2.29. The molecule has 2 aromatic rings. The van der Waals surface area contributed by atoms with Crippen LogP contribution in [0.4, 0.5) is 5.69 Å². The van der Waals surface area contributed by atoms with E-state index in [-0.39, 0.29) is 5.91 Å². The standard InChI is InChI=1S/C19H19ClN2O5/c1-12(27-16-9-5-14(20)6-10-16)19(25)26-11-17(23)22-15-7-3-13(4-8-15)18(24)21-2/h3-10,12H,11H2,1-2H3,(H,21,24)(H,22,23)/t12-/m1/s1. The maximum absolute atomic E-state index is 11.9. The fraction of sp³-hybridized carbons (Fsp3) is 0.211. The van der Waals surface area contributed by atoms with Crippen molar-refractivity contribution in [2.75, 3.05) is 19.0 Å². The van der Waals surface area contributed by atoms with Crippen LogP contribution in [0.2, 0.25) is 5.02 Å². The highest BCUT2D eigenvalue weighted by Gasteiger charge is 2.18. The number of hydrogen-bond donors (Lipinski definition) is 2. The third kappa shape index (κ3) is 6.31. The second kappa shape index (κ2) is 9.59. The molecular weight excluding hydrogens is 372 g/mol. The number of ether oxygens (including phenoxy) is 2. The Balaban J connectivity index is 1.79. The van der Waals surface area contributed by atoms with E-state index in [1.54, 1.807) is 48.5 Å². The summed E-state index contributed by atoms with van der Waals surface area (Å²) in [4.78, 5) is 35.3. The van der Waals surface area contributed by atoms with E-state index in [1.165, 1.54) is 14.0 Å². The Hall–Kier alpha value is -3.06. The van der Waals surface area contributed by atoms with Crippen molar-refractivity contribution in [1.82, 2.24) is 5.32 Å². The molecule has 2 rings (SSSR count). The van der Waals surface area contributed by atoms with Gasteiger partial charge in [0.15, 0.2) is 12.7 Å². The highest BCUT2D eigenvalue weighted by atomic mass is 35.5. The van der Waals surface area contributed by atoms with Crippen LogP contribution in [-0.4, -0.2) is 37.5 Å². The van der Waals surface area contributed by atoms with Gasteiger partial charge in [0.25, 0.3) is 11.8 Å². The Morgan fingerprint density at radius 2 is 1.67 bits per heavy atom. The minimum Gasteiger partial charge on any atom is -0.479 e.